The Labute approximate surface area is 136 Å². The van der Waals surface area contributed by atoms with Crippen molar-refractivity contribution in [2.75, 3.05) is 13.6 Å². The molecule has 0 bridgehead atoms. The van der Waals surface area contributed by atoms with Crippen molar-refractivity contribution in [2.45, 2.75) is 38.7 Å². The summed E-state index contributed by atoms with van der Waals surface area (Å²) < 4.78 is 5.32. The van der Waals surface area contributed by atoms with Gasteiger partial charge in [-0.1, -0.05) is 49.6 Å². The van der Waals surface area contributed by atoms with Gasteiger partial charge in [-0.2, -0.15) is 0 Å². The molecule has 0 aliphatic heterocycles. The Morgan fingerprint density at radius 1 is 1.13 bits per heavy atom. The topological polar surface area (TPSA) is 87.1 Å². The Balaban J connectivity index is 0.000000593. The first-order valence-electron chi connectivity index (χ1n) is 7.82. The van der Waals surface area contributed by atoms with Crippen molar-refractivity contribution >= 4 is 12.2 Å². The third-order valence-electron chi connectivity index (χ3n) is 3.77. The Morgan fingerprint density at radius 3 is 2.26 bits per heavy atom. The van der Waals surface area contributed by atoms with Crippen LogP contribution in [0, 0.1) is 5.92 Å². The van der Waals surface area contributed by atoms with Crippen LogP contribution in [0.5, 0.6) is 0 Å². The van der Waals surface area contributed by atoms with E-state index in [0.29, 0.717) is 12.5 Å². The molecule has 1 aromatic carbocycles. The van der Waals surface area contributed by atoms with Crippen LogP contribution in [0.1, 0.15) is 37.7 Å². The molecule has 0 saturated heterocycles. The van der Waals surface area contributed by atoms with Gasteiger partial charge < -0.3 is 19.8 Å². The molecule has 0 radical (unpaired) electrons. The summed E-state index contributed by atoms with van der Waals surface area (Å²) in [5.74, 6) is 0.656. The first-order valence-corrected chi connectivity index (χ1v) is 7.82. The van der Waals surface area contributed by atoms with E-state index in [4.69, 9.17) is 19.7 Å². The second kappa shape index (κ2) is 10.5. The van der Waals surface area contributed by atoms with Gasteiger partial charge in [-0.05, 0) is 24.3 Å². The van der Waals surface area contributed by atoms with Crippen LogP contribution in [0.4, 0.5) is 9.59 Å². The van der Waals surface area contributed by atoms with Gasteiger partial charge >= 0.3 is 12.2 Å². The van der Waals surface area contributed by atoms with Crippen molar-refractivity contribution in [1.29, 1.82) is 0 Å². The average Bonchev–Trinajstić information content (AvgIpc) is 2.54. The predicted octanol–water partition coefficient (Wildman–Crippen LogP) is 4.06. The number of rotatable bonds is 4. The zero-order valence-electron chi connectivity index (χ0n) is 13.5. The maximum absolute atomic E-state index is 11.9. The molecule has 0 heterocycles. The maximum Gasteiger partial charge on any atom is 0.503 e. The van der Waals surface area contributed by atoms with Crippen LogP contribution in [0.3, 0.4) is 0 Å². The van der Waals surface area contributed by atoms with E-state index in [0.717, 1.165) is 12.1 Å². The molecule has 6 nitrogen and oxygen atoms in total. The van der Waals surface area contributed by atoms with E-state index in [9.17, 15) is 4.79 Å². The number of carboxylic acid groups (broad SMARTS) is 2. The third kappa shape index (κ3) is 8.70. The predicted molar refractivity (Wildman–Crippen MR) is 86.5 cm³/mol. The third-order valence-corrected chi connectivity index (χ3v) is 3.77. The number of ether oxygens (including phenoxy) is 1. The van der Waals surface area contributed by atoms with Crippen molar-refractivity contribution in [1.82, 2.24) is 4.90 Å². The molecule has 1 aliphatic rings. The van der Waals surface area contributed by atoms with Crippen LogP contribution in [-0.4, -0.2) is 41.0 Å². The molecule has 0 aromatic heterocycles. The average molecular weight is 323 g/mol. The summed E-state index contributed by atoms with van der Waals surface area (Å²) in [6.07, 6.45) is 4.40. The molecule has 2 rings (SSSR count). The number of carbonyl (C=O) groups is 2. The van der Waals surface area contributed by atoms with Gasteiger partial charge in [0.05, 0.1) is 0 Å². The molecule has 6 heteroatoms. The van der Waals surface area contributed by atoms with E-state index >= 15 is 0 Å². The van der Waals surface area contributed by atoms with Crippen LogP contribution in [0.15, 0.2) is 30.3 Å². The maximum atomic E-state index is 11.9. The Bertz CT molecular complexity index is 467. The molecule has 1 fully saturated rings. The molecule has 1 aromatic rings. The van der Waals surface area contributed by atoms with Gasteiger partial charge in [0.15, 0.2) is 0 Å². The molecule has 1 amide bonds. The lowest BCUT2D eigenvalue weighted by Gasteiger charge is -2.26. The second-order valence-corrected chi connectivity index (χ2v) is 5.71. The van der Waals surface area contributed by atoms with Crippen molar-refractivity contribution in [3.05, 3.63) is 35.9 Å². The number of hydrogen-bond donors (Lipinski definition) is 2. The van der Waals surface area contributed by atoms with Crippen LogP contribution in [0.2, 0.25) is 0 Å². The van der Waals surface area contributed by atoms with Crippen molar-refractivity contribution < 1.29 is 24.5 Å². The minimum absolute atomic E-state index is 0.213. The van der Waals surface area contributed by atoms with Gasteiger partial charge in [0.25, 0.3) is 0 Å². The lowest BCUT2D eigenvalue weighted by molar-refractivity contribution is 0.0966. The summed E-state index contributed by atoms with van der Waals surface area (Å²) in [4.78, 5) is 22.2. The van der Waals surface area contributed by atoms with E-state index in [1.807, 2.05) is 37.4 Å². The highest BCUT2D eigenvalue weighted by Crippen LogP contribution is 2.24. The molecule has 0 spiro atoms. The minimum Gasteiger partial charge on any atom is -0.450 e. The highest BCUT2D eigenvalue weighted by molar-refractivity contribution is 5.67. The number of nitrogens with zero attached hydrogens (tertiary/aromatic N) is 1. The molecule has 23 heavy (non-hydrogen) atoms. The Hall–Kier alpha value is -2.24. The summed E-state index contributed by atoms with van der Waals surface area (Å²) in [6.45, 7) is 1.18. The Kier molecular flexibility index (Phi) is 8.57. The summed E-state index contributed by atoms with van der Waals surface area (Å²) in [6, 6.07) is 9.80. The largest absolute Gasteiger partial charge is 0.503 e. The van der Waals surface area contributed by atoms with Gasteiger partial charge in [0, 0.05) is 13.6 Å². The lowest BCUT2D eigenvalue weighted by atomic mass is 9.89. The quantitative estimate of drug-likeness (QED) is 0.872. The van der Waals surface area contributed by atoms with Crippen molar-refractivity contribution in [3.63, 3.8) is 0 Å². The fourth-order valence-corrected chi connectivity index (χ4v) is 2.66. The molecule has 0 atom stereocenters. The van der Waals surface area contributed by atoms with Gasteiger partial charge in [0.2, 0.25) is 0 Å². The van der Waals surface area contributed by atoms with Gasteiger partial charge in [-0.25, -0.2) is 9.59 Å². The van der Waals surface area contributed by atoms with Crippen LogP contribution in [0.25, 0.3) is 0 Å². The fourth-order valence-electron chi connectivity index (χ4n) is 2.66. The van der Waals surface area contributed by atoms with Crippen LogP contribution in [-0.2, 0) is 11.3 Å². The molecule has 1 saturated carbocycles. The monoisotopic (exact) mass is 323 g/mol. The Morgan fingerprint density at radius 2 is 1.70 bits per heavy atom. The first kappa shape index (κ1) is 18.8. The summed E-state index contributed by atoms with van der Waals surface area (Å²) in [5.41, 5.74) is 1.03. The number of hydrogen-bond acceptors (Lipinski definition) is 3. The zero-order chi connectivity index (χ0) is 17.1. The summed E-state index contributed by atoms with van der Waals surface area (Å²) in [7, 11) is 1.84. The number of carbonyl (C=O) groups excluding carboxylic acids is 1. The highest BCUT2D eigenvalue weighted by Gasteiger charge is 2.18. The van der Waals surface area contributed by atoms with Gasteiger partial charge in [-0.15, -0.1) is 0 Å². The fraction of sp³-hybridized carbons (Fsp3) is 0.529. The zero-order valence-corrected chi connectivity index (χ0v) is 13.5. The SMILES string of the molecule is CN(CC1CCCCC1)C(=O)OCc1ccccc1.O=C(O)O. The molecular formula is C17H25NO5. The molecular weight excluding hydrogens is 298 g/mol. The van der Waals surface area contributed by atoms with E-state index < -0.39 is 6.16 Å². The standard InChI is InChI=1S/C16H23NO2.CH2O3/c1-17(12-14-8-4-2-5-9-14)16(18)19-13-15-10-6-3-7-11-15;2-1(3)4/h3,6-7,10-11,14H,2,4-5,8-9,12-13H2,1H3;(H2,2,3,4). The lowest BCUT2D eigenvalue weighted by Crippen LogP contribution is -2.33. The van der Waals surface area contributed by atoms with Crippen molar-refractivity contribution in [2.24, 2.45) is 5.92 Å². The van der Waals surface area contributed by atoms with Crippen LogP contribution >= 0.6 is 0 Å². The summed E-state index contributed by atoms with van der Waals surface area (Å²) >= 11 is 0. The van der Waals surface area contributed by atoms with E-state index in [-0.39, 0.29) is 6.09 Å². The molecule has 0 unspecified atom stereocenters. The van der Waals surface area contributed by atoms with Crippen LogP contribution < -0.4 is 0 Å². The highest BCUT2D eigenvalue weighted by atomic mass is 16.6. The van der Waals surface area contributed by atoms with Crippen molar-refractivity contribution in [3.8, 4) is 0 Å². The van der Waals surface area contributed by atoms with Gasteiger partial charge in [0.1, 0.15) is 6.61 Å². The summed E-state index contributed by atoms with van der Waals surface area (Å²) in [5, 5.41) is 13.9. The van der Waals surface area contributed by atoms with Gasteiger partial charge in [-0.3, -0.25) is 0 Å². The van der Waals surface area contributed by atoms with E-state index in [1.54, 1.807) is 4.90 Å². The first-order chi connectivity index (χ1) is 11.0. The molecule has 128 valence electrons. The van der Waals surface area contributed by atoms with E-state index in [2.05, 4.69) is 0 Å². The number of amides is 1. The normalized spacial score (nSPS) is 14.3. The second-order valence-electron chi connectivity index (χ2n) is 5.71. The smallest absolute Gasteiger partial charge is 0.450 e. The minimum atomic E-state index is -1.83. The molecule has 2 N–H and O–H groups in total. The number of benzene rings is 1. The molecule has 1 aliphatic carbocycles. The van der Waals surface area contributed by atoms with E-state index in [1.165, 1.54) is 32.1 Å².